The molecule has 154 valence electrons. The predicted octanol–water partition coefficient (Wildman–Crippen LogP) is 2.36. The van der Waals surface area contributed by atoms with Crippen molar-refractivity contribution in [1.29, 1.82) is 0 Å². The Morgan fingerprint density at radius 2 is 1.70 bits per heavy atom. The molecule has 0 N–H and O–H groups in total. The molecule has 1 fully saturated rings. The molecule has 5 rings (SSSR count). The van der Waals surface area contributed by atoms with Crippen molar-refractivity contribution >= 4 is 5.91 Å². The summed E-state index contributed by atoms with van der Waals surface area (Å²) in [6.45, 7) is 4.11. The standard InChI is InChI=1S/C23H24N4O3/c28-23(22-17-29-20-8-4-5-9-21(20)30-22)26-12-10-25(11-13-26)15-18-14-24-27(16-18)19-6-2-1-3-7-19/h1-9,14,16,22H,10-13,15,17H2. The van der Waals surface area contributed by atoms with Gasteiger partial charge in [0.15, 0.2) is 11.5 Å². The molecule has 1 saturated heterocycles. The van der Waals surface area contributed by atoms with Gasteiger partial charge in [-0.1, -0.05) is 30.3 Å². The summed E-state index contributed by atoms with van der Waals surface area (Å²) in [6.07, 6.45) is 3.41. The maximum absolute atomic E-state index is 12.9. The van der Waals surface area contributed by atoms with E-state index in [9.17, 15) is 4.79 Å². The normalized spacial score (nSPS) is 18.9. The van der Waals surface area contributed by atoms with Crippen molar-refractivity contribution < 1.29 is 14.3 Å². The van der Waals surface area contributed by atoms with Gasteiger partial charge in [0.2, 0.25) is 6.10 Å². The lowest BCUT2D eigenvalue weighted by molar-refractivity contribution is -0.143. The van der Waals surface area contributed by atoms with Crippen LogP contribution in [0.2, 0.25) is 0 Å². The molecular weight excluding hydrogens is 380 g/mol. The van der Waals surface area contributed by atoms with Crippen molar-refractivity contribution in [3.63, 3.8) is 0 Å². The number of piperazine rings is 1. The molecule has 7 nitrogen and oxygen atoms in total. The molecule has 1 aromatic heterocycles. The van der Waals surface area contributed by atoms with Crippen molar-refractivity contribution in [3.8, 4) is 17.2 Å². The minimum Gasteiger partial charge on any atom is -0.485 e. The molecule has 0 spiro atoms. The largest absolute Gasteiger partial charge is 0.485 e. The molecule has 2 aliphatic rings. The maximum atomic E-state index is 12.9. The molecule has 0 aliphatic carbocycles. The van der Waals surface area contributed by atoms with Crippen LogP contribution in [-0.2, 0) is 11.3 Å². The van der Waals surface area contributed by atoms with E-state index in [1.54, 1.807) is 0 Å². The van der Waals surface area contributed by atoms with E-state index in [1.165, 1.54) is 5.56 Å². The van der Waals surface area contributed by atoms with Crippen LogP contribution in [0.25, 0.3) is 5.69 Å². The van der Waals surface area contributed by atoms with E-state index in [-0.39, 0.29) is 12.5 Å². The average Bonchev–Trinajstić information content (AvgIpc) is 3.28. The van der Waals surface area contributed by atoms with Crippen LogP contribution in [0, 0.1) is 0 Å². The summed E-state index contributed by atoms with van der Waals surface area (Å²) in [5, 5.41) is 4.47. The summed E-state index contributed by atoms with van der Waals surface area (Å²) in [5.41, 5.74) is 2.22. The van der Waals surface area contributed by atoms with Crippen LogP contribution in [0.15, 0.2) is 67.0 Å². The smallest absolute Gasteiger partial charge is 0.267 e. The molecule has 0 saturated carbocycles. The van der Waals surface area contributed by atoms with Gasteiger partial charge in [-0.3, -0.25) is 9.69 Å². The first kappa shape index (κ1) is 18.7. The lowest BCUT2D eigenvalue weighted by Crippen LogP contribution is -2.53. The number of para-hydroxylation sites is 3. The highest BCUT2D eigenvalue weighted by Crippen LogP contribution is 2.31. The van der Waals surface area contributed by atoms with Gasteiger partial charge in [-0.15, -0.1) is 0 Å². The Balaban J connectivity index is 1.14. The van der Waals surface area contributed by atoms with E-state index in [0.29, 0.717) is 24.6 Å². The van der Waals surface area contributed by atoms with Gasteiger partial charge >= 0.3 is 0 Å². The van der Waals surface area contributed by atoms with Crippen LogP contribution in [-0.4, -0.2) is 64.4 Å². The maximum Gasteiger partial charge on any atom is 0.267 e. The summed E-state index contributed by atoms with van der Waals surface area (Å²) < 4.78 is 13.5. The number of amides is 1. The molecule has 30 heavy (non-hydrogen) atoms. The third-order valence-electron chi connectivity index (χ3n) is 5.53. The molecule has 7 heteroatoms. The monoisotopic (exact) mass is 404 g/mol. The summed E-state index contributed by atoms with van der Waals surface area (Å²) in [4.78, 5) is 17.1. The first-order chi connectivity index (χ1) is 14.8. The summed E-state index contributed by atoms with van der Waals surface area (Å²) >= 11 is 0. The third-order valence-corrected chi connectivity index (χ3v) is 5.53. The number of benzene rings is 2. The van der Waals surface area contributed by atoms with Crippen LogP contribution in [0.5, 0.6) is 11.5 Å². The highest BCUT2D eigenvalue weighted by molar-refractivity contribution is 5.82. The van der Waals surface area contributed by atoms with E-state index in [4.69, 9.17) is 9.47 Å². The molecule has 0 radical (unpaired) electrons. The van der Waals surface area contributed by atoms with Crippen molar-refractivity contribution in [2.45, 2.75) is 12.6 Å². The van der Waals surface area contributed by atoms with Crippen LogP contribution >= 0.6 is 0 Å². The van der Waals surface area contributed by atoms with Gasteiger partial charge in [-0.05, 0) is 24.3 Å². The number of hydrogen-bond donors (Lipinski definition) is 0. The van der Waals surface area contributed by atoms with Gasteiger partial charge in [-0.2, -0.15) is 5.10 Å². The van der Waals surface area contributed by atoms with Crippen LogP contribution in [0.3, 0.4) is 0 Å². The van der Waals surface area contributed by atoms with Gasteiger partial charge in [0.25, 0.3) is 5.91 Å². The molecule has 1 atom stereocenters. The lowest BCUT2D eigenvalue weighted by atomic mass is 10.2. The van der Waals surface area contributed by atoms with E-state index >= 15 is 0 Å². The molecule has 3 heterocycles. The van der Waals surface area contributed by atoms with Crippen LogP contribution in [0.1, 0.15) is 5.56 Å². The molecular formula is C23H24N4O3. The Kier molecular flexibility index (Phi) is 5.11. The van der Waals surface area contributed by atoms with Crippen LogP contribution in [0.4, 0.5) is 0 Å². The van der Waals surface area contributed by atoms with E-state index < -0.39 is 6.10 Å². The lowest BCUT2D eigenvalue weighted by Gasteiger charge is -2.37. The zero-order valence-electron chi connectivity index (χ0n) is 16.7. The van der Waals surface area contributed by atoms with Gasteiger partial charge < -0.3 is 14.4 Å². The second-order valence-electron chi connectivity index (χ2n) is 7.59. The number of carbonyl (C=O) groups is 1. The number of aromatic nitrogens is 2. The number of fused-ring (bicyclic) bond motifs is 1. The number of ether oxygens (including phenoxy) is 2. The zero-order valence-corrected chi connectivity index (χ0v) is 16.7. The molecule has 2 aromatic carbocycles. The summed E-state index contributed by atoms with van der Waals surface area (Å²) in [6, 6.07) is 17.6. The second-order valence-corrected chi connectivity index (χ2v) is 7.59. The van der Waals surface area contributed by atoms with Gasteiger partial charge in [0.05, 0.1) is 11.9 Å². The van der Waals surface area contributed by atoms with Gasteiger partial charge in [-0.25, -0.2) is 4.68 Å². The summed E-state index contributed by atoms with van der Waals surface area (Å²) in [5.74, 6) is 1.33. The number of rotatable bonds is 4. The van der Waals surface area contributed by atoms with Crippen molar-refractivity contribution in [2.75, 3.05) is 32.8 Å². The quantitative estimate of drug-likeness (QED) is 0.668. The van der Waals surface area contributed by atoms with Gasteiger partial charge in [0, 0.05) is 44.5 Å². The van der Waals surface area contributed by atoms with Gasteiger partial charge in [0.1, 0.15) is 6.61 Å². The minimum absolute atomic E-state index is 0.000972. The number of nitrogens with zero attached hydrogens (tertiary/aromatic N) is 4. The van der Waals surface area contributed by atoms with E-state index in [0.717, 1.165) is 25.3 Å². The van der Waals surface area contributed by atoms with E-state index in [2.05, 4.69) is 16.2 Å². The Bertz CT molecular complexity index is 1010. The SMILES string of the molecule is O=C(C1COc2ccccc2O1)N1CCN(Cc2cnn(-c3ccccc3)c2)CC1. The first-order valence-corrected chi connectivity index (χ1v) is 10.2. The topological polar surface area (TPSA) is 59.8 Å². The number of hydrogen-bond acceptors (Lipinski definition) is 5. The zero-order chi connectivity index (χ0) is 20.3. The molecule has 1 unspecified atom stereocenters. The molecule has 2 aliphatic heterocycles. The Morgan fingerprint density at radius 3 is 2.50 bits per heavy atom. The fraction of sp³-hybridized carbons (Fsp3) is 0.304. The Hall–Kier alpha value is -3.32. The minimum atomic E-state index is -0.574. The predicted molar refractivity (Wildman–Crippen MR) is 112 cm³/mol. The molecule has 1 amide bonds. The fourth-order valence-electron chi connectivity index (χ4n) is 3.89. The van der Waals surface area contributed by atoms with Crippen molar-refractivity contribution in [3.05, 3.63) is 72.6 Å². The van der Waals surface area contributed by atoms with Crippen LogP contribution < -0.4 is 9.47 Å². The second kappa shape index (κ2) is 8.20. The molecule has 0 bridgehead atoms. The fourth-order valence-corrected chi connectivity index (χ4v) is 3.89. The summed E-state index contributed by atoms with van der Waals surface area (Å²) in [7, 11) is 0. The third kappa shape index (κ3) is 3.89. The average molecular weight is 404 g/mol. The first-order valence-electron chi connectivity index (χ1n) is 10.2. The van der Waals surface area contributed by atoms with Crippen molar-refractivity contribution in [1.82, 2.24) is 19.6 Å². The Morgan fingerprint density at radius 1 is 0.967 bits per heavy atom. The van der Waals surface area contributed by atoms with E-state index in [1.807, 2.05) is 70.4 Å². The number of carbonyl (C=O) groups excluding carboxylic acids is 1. The highest BCUT2D eigenvalue weighted by atomic mass is 16.6. The molecule has 3 aromatic rings. The van der Waals surface area contributed by atoms with Crippen molar-refractivity contribution in [2.24, 2.45) is 0 Å². The highest BCUT2D eigenvalue weighted by Gasteiger charge is 2.32. The Labute approximate surface area is 175 Å².